The summed E-state index contributed by atoms with van der Waals surface area (Å²) in [5, 5.41) is 5.40. The minimum Gasteiger partial charge on any atom is -0.466 e. The lowest BCUT2D eigenvalue weighted by Gasteiger charge is -2.08. The van der Waals surface area contributed by atoms with Crippen LogP contribution < -0.4 is 10.6 Å². The van der Waals surface area contributed by atoms with Gasteiger partial charge in [0.15, 0.2) is 0 Å². The second-order valence-corrected chi connectivity index (χ2v) is 4.95. The highest BCUT2D eigenvalue weighted by molar-refractivity contribution is 6.18. The Morgan fingerprint density at radius 2 is 2.10 bits per heavy atom. The monoisotopic (exact) mass is 312 g/mol. The van der Waals surface area contributed by atoms with Gasteiger partial charge in [-0.05, 0) is 37.0 Å². The van der Waals surface area contributed by atoms with Crippen molar-refractivity contribution in [3.8, 4) is 0 Å². The van der Waals surface area contributed by atoms with Gasteiger partial charge in [0.1, 0.15) is 0 Å². The summed E-state index contributed by atoms with van der Waals surface area (Å²) in [5.41, 5.74) is 1.88. The summed E-state index contributed by atoms with van der Waals surface area (Å²) in [5.74, 6) is 0.139. The van der Waals surface area contributed by atoms with Crippen molar-refractivity contribution >= 4 is 29.3 Å². The van der Waals surface area contributed by atoms with Crippen LogP contribution in [0, 0.1) is 0 Å². The van der Waals surface area contributed by atoms with Crippen LogP contribution >= 0.6 is 11.6 Å². The number of urea groups is 1. The Hall–Kier alpha value is -1.75. The SMILES string of the molecule is CC(=O)OCCCCc1cccc(NC(=O)NCCCl)c1. The summed E-state index contributed by atoms with van der Waals surface area (Å²) < 4.78 is 4.88. The number of rotatable bonds is 8. The van der Waals surface area contributed by atoms with Gasteiger partial charge in [-0.3, -0.25) is 4.79 Å². The van der Waals surface area contributed by atoms with Gasteiger partial charge in [0, 0.05) is 25.0 Å². The molecule has 0 spiro atoms. The Morgan fingerprint density at radius 3 is 2.81 bits per heavy atom. The van der Waals surface area contributed by atoms with Crippen molar-refractivity contribution in [2.75, 3.05) is 24.3 Å². The van der Waals surface area contributed by atoms with E-state index in [1.165, 1.54) is 6.92 Å². The molecule has 0 fully saturated rings. The van der Waals surface area contributed by atoms with E-state index >= 15 is 0 Å². The highest BCUT2D eigenvalue weighted by Gasteiger charge is 2.02. The van der Waals surface area contributed by atoms with Crippen LogP contribution in [0.25, 0.3) is 0 Å². The van der Waals surface area contributed by atoms with E-state index in [1.54, 1.807) is 0 Å². The number of aryl methyl sites for hydroxylation is 1. The second-order valence-electron chi connectivity index (χ2n) is 4.57. The highest BCUT2D eigenvalue weighted by Crippen LogP contribution is 2.13. The number of hydrogen-bond acceptors (Lipinski definition) is 3. The number of anilines is 1. The minimum absolute atomic E-state index is 0.246. The number of benzene rings is 1. The molecule has 0 saturated heterocycles. The van der Waals surface area contributed by atoms with Crippen molar-refractivity contribution in [2.24, 2.45) is 0 Å². The molecule has 21 heavy (non-hydrogen) atoms. The average molecular weight is 313 g/mol. The summed E-state index contributed by atoms with van der Waals surface area (Å²) >= 11 is 5.50. The first-order valence-electron chi connectivity index (χ1n) is 6.95. The van der Waals surface area contributed by atoms with Gasteiger partial charge < -0.3 is 15.4 Å². The third kappa shape index (κ3) is 8.19. The van der Waals surface area contributed by atoms with Crippen molar-refractivity contribution in [2.45, 2.75) is 26.2 Å². The number of esters is 1. The van der Waals surface area contributed by atoms with Crippen LogP contribution in [0.15, 0.2) is 24.3 Å². The number of hydrogen-bond donors (Lipinski definition) is 2. The Labute approximate surface area is 130 Å². The van der Waals surface area contributed by atoms with Crippen LogP contribution in [0.2, 0.25) is 0 Å². The number of alkyl halides is 1. The lowest BCUT2D eigenvalue weighted by atomic mass is 10.1. The van der Waals surface area contributed by atoms with Gasteiger partial charge in [-0.2, -0.15) is 0 Å². The second kappa shape index (κ2) is 10.0. The molecule has 116 valence electrons. The summed E-state index contributed by atoms with van der Waals surface area (Å²) in [4.78, 5) is 22.1. The number of nitrogens with one attached hydrogen (secondary N) is 2. The number of unbranched alkanes of at least 4 members (excludes halogenated alkanes) is 1. The van der Waals surface area contributed by atoms with E-state index in [0.717, 1.165) is 30.5 Å². The predicted octanol–water partition coefficient (Wildman–Crippen LogP) is 2.93. The zero-order valence-electron chi connectivity index (χ0n) is 12.2. The maximum atomic E-state index is 11.5. The number of carbonyl (C=O) groups is 2. The topological polar surface area (TPSA) is 67.4 Å². The maximum absolute atomic E-state index is 11.5. The smallest absolute Gasteiger partial charge is 0.319 e. The summed E-state index contributed by atoms with van der Waals surface area (Å²) in [6, 6.07) is 7.42. The molecule has 0 atom stereocenters. The third-order valence-corrected chi connectivity index (χ3v) is 2.92. The molecule has 0 unspecified atom stereocenters. The third-order valence-electron chi connectivity index (χ3n) is 2.73. The number of carbonyl (C=O) groups excluding carboxylic acids is 2. The summed E-state index contributed by atoms with van der Waals surface area (Å²) in [6.45, 7) is 2.29. The Kier molecular flexibility index (Phi) is 8.28. The molecule has 1 rings (SSSR count). The fourth-order valence-corrected chi connectivity index (χ4v) is 1.88. The zero-order chi connectivity index (χ0) is 15.5. The van der Waals surface area contributed by atoms with Crippen molar-refractivity contribution in [3.05, 3.63) is 29.8 Å². The van der Waals surface area contributed by atoms with Gasteiger partial charge in [0.25, 0.3) is 0 Å². The van der Waals surface area contributed by atoms with Crippen LogP contribution in [-0.4, -0.2) is 31.0 Å². The van der Waals surface area contributed by atoms with Crippen LogP contribution in [0.3, 0.4) is 0 Å². The molecule has 0 radical (unpaired) electrons. The normalized spacial score (nSPS) is 10.0. The standard InChI is InChI=1S/C15H21ClN2O3/c1-12(19)21-10-3-2-5-13-6-4-7-14(11-13)18-15(20)17-9-8-16/h4,6-7,11H,2-3,5,8-10H2,1H3,(H2,17,18,20). The van der Waals surface area contributed by atoms with Crippen molar-refractivity contribution < 1.29 is 14.3 Å². The molecule has 0 heterocycles. The van der Waals surface area contributed by atoms with Crippen molar-refractivity contribution in [1.82, 2.24) is 5.32 Å². The van der Waals surface area contributed by atoms with E-state index in [0.29, 0.717) is 19.0 Å². The number of ether oxygens (including phenoxy) is 1. The Morgan fingerprint density at radius 1 is 1.29 bits per heavy atom. The molecule has 1 aromatic carbocycles. The fraction of sp³-hybridized carbons (Fsp3) is 0.467. The lowest BCUT2D eigenvalue weighted by Crippen LogP contribution is -2.30. The maximum Gasteiger partial charge on any atom is 0.319 e. The van der Waals surface area contributed by atoms with E-state index in [2.05, 4.69) is 10.6 Å². The molecule has 0 bridgehead atoms. The number of halogens is 1. The van der Waals surface area contributed by atoms with Crippen LogP contribution in [0.5, 0.6) is 0 Å². The first-order chi connectivity index (χ1) is 10.1. The Bertz CT molecular complexity index is 466. The lowest BCUT2D eigenvalue weighted by molar-refractivity contribution is -0.141. The minimum atomic E-state index is -0.261. The largest absolute Gasteiger partial charge is 0.466 e. The van der Waals surface area contributed by atoms with Crippen LogP contribution in [0.4, 0.5) is 10.5 Å². The number of amides is 2. The molecule has 1 aromatic rings. The molecule has 0 aliphatic carbocycles. The molecule has 0 saturated carbocycles. The van der Waals surface area contributed by atoms with Gasteiger partial charge in [0.2, 0.25) is 0 Å². The highest BCUT2D eigenvalue weighted by atomic mass is 35.5. The first kappa shape index (κ1) is 17.3. The van der Waals surface area contributed by atoms with Crippen LogP contribution in [0.1, 0.15) is 25.3 Å². The first-order valence-corrected chi connectivity index (χ1v) is 7.48. The molecular weight excluding hydrogens is 292 g/mol. The molecule has 0 aliphatic rings. The van der Waals surface area contributed by atoms with Gasteiger partial charge in [0.05, 0.1) is 6.61 Å². The molecule has 5 nitrogen and oxygen atoms in total. The summed E-state index contributed by atoms with van der Waals surface area (Å²) in [7, 11) is 0. The average Bonchev–Trinajstić information content (AvgIpc) is 2.45. The van der Waals surface area contributed by atoms with E-state index < -0.39 is 0 Å². The van der Waals surface area contributed by atoms with Crippen molar-refractivity contribution in [1.29, 1.82) is 0 Å². The molecule has 6 heteroatoms. The van der Waals surface area contributed by atoms with E-state index in [9.17, 15) is 9.59 Å². The quantitative estimate of drug-likeness (QED) is 0.440. The van der Waals surface area contributed by atoms with Crippen molar-refractivity contribution in [3.63, 3.8) is 0 Å². The van der Waals surface area contributed by atoms with Crippen LogP contribution in [-0.2, 0) is 16.0 Å². The molecule has 2 amide bonds. The van der Waals surface area contributed by atoms with Gasteiger partial charge in [-0.15, -0.1) is 11.6 Å². The van der Waals surface area contributed by atoms with E-state index in [4.69, 9.17) is 16.3 Å². The Balaban J connectivity index is 2.34. The summed E-state index contributed by atoms with van der Waals surface area (Å²) in [6.07, 6.45) is 2.63. The van der Waals surface area contributed by atoms with Gasteiger partial charge in [-0.1, -0.05) is 12.1 Å². The fourth-order valence-electron chi connectivity index (χ4n) is 1.79. The van der Waals surface area contributed by atoms with Gasteiger partial charge >= 0.3 is 12.0 Å². The molecular formula is C15H21ClN2O3. The molecule has 0 aromatic heterocycles. The predicted molar refractivity (Wildman–Crippen MR) is 83.8 cm³/mol. The zero-order valence-corrected chi connectivity index (χ0v) is 12.9. The van der Waals surface area contributed by atoms with E-state index in [-0.39, 0.29) is 12.0 Å². The molecule has 2 N–H and O–H groups in total. The van der Waals surface area contributed by atoms with E-state index in [1.807, 2.05) is 24.3 Å². The molecule has 0 aliphatic heterocycles. The van der Waals surface area contributed by atoms with Gasteiger partial charge in [-0.25, -0.2) is 4.79 Å².